The number of hydrogen-bond donors (Lipinski definition) is 0. The number of benzene rings is 6. The van der Waals surface area contributed by atoms with Gasteiger partial charge in [0.1, 0.15) is 0 Å². The van der Waals surface area contributed by atoms with Crippen molar-refractivity contribution in [3.63, 3.8) is 0 Å². The van der Waals surface area contributed by atoms with Gasteiger partial charge in [-0.3, -0.25) is 9.97 Å². The lowest BCUT2D eigenvalue weighted by Gasteiger charge is -2.35. The lowest BCUT2D eigenvalue weighted by Crippen LogP contribution is -2.26. The Morgan fingerprint density at radius 1 is 0.456 bits per heavy atom. The Bertz CT molecular complexity index is 2780. The van der Waals surface area contributed by atoms with Gasteiger partial charge in [-0.2, -0.15) is 0 Å². The Balaban J connectivity index is 1.18. The second kappa shape index (κ2) is 14.6. The SMILES string of the molecule is C[C@@]1(c2cc(-c3ccccc3)cc(-c3ccccc3)c2)C=Cc2c(c(C3=CC=C(c4ccccn4)CC3)c3ccccc3c2-c2ccc(-c3ccccn3)cc2)C1. The number of allylic oxidation sites excluding steroid dienone is 5. The van der Waals surface area contributed by atoms with Crippen molar-refractivity contribution < 1.29 is 0 Å². The van der Waals surface area contributed by atoms with Crippen LogP contribution in [0.1, 0.15) is 47.7 Å². The van der Waals surface area contributed by atoms with Crippen LogP contribution >= 0.6 is 0 Å². The molecule has 0 unspecified atom stereocenters. The maximum absolute atomic E-state index is 4.69. The Kier molecular flexibility index (Phi) is 8.88. The summed E-state index contributed by atoms with van der Waals surface area (Å²) in [5.74, 6) is 0. The van der Waals surface area contributed by atoms with Gasteiger partial charge in [-0.25, -0.2) is 0 Å². The average molecular weight is 731 g/mol. The Labute approximate surface area is 335 Å². The van der Waals surface area contributed by atoms with E-state index < -0.39 is 0 Å². The lowest BCUT2D eigenvalue weighted by molar-refractivity contribution is 0.587. The Morgan fingerprint density at radius 2 is 1.00 bits per heavy atom. The molecule has 2 aromatic heterocycles. The van der Waals surface area contributed by atoms with Crippen molar-refractivity contribution in [3.05, 3.63) is 222 Å². The first-order valence-corrected chi connectivity index (χ1v) is 20.0. The van der Waals surface area contributed by atoms with Gasteiger partial charge in [0, 0.05) is 23.4 Å². The number of nitrogens with zero attached hydrogens (tertiary/aromatic N) is 2. The van der Waals surface area contributed by atoms with Crippen LogP contribution in [0, 0.1) is 0 Å². The van der Waals surface area contributed by atoms with Crippen molar-refractivity contribution in [3.8, 4) is 44.6 Å². The van der Waals surface area contributed by atoms with Crippen LogP contribution in [0.25, 0.3) is 72.6 Å². The first kappa shape index (κ1) is 34.6. The van der Waals surface area contributed by atoms with E-state index in [4.69, 9.17) is 4.98 Å². The van der Waals surface area contributed by atoms with Gasteiger partial charge in [0.25, 0.3) is 0 Å². The zero-order valence-electron chi connectivity index (χ0n) is 32.1. The third-order valence-electron chi connectivity index (χ3n) is 11.9. The maximum Gasteiger partial charge on any atom is 0.0701 e. The van der Waals surface area contributed by atoms with Crippen molar-refractivity contribution >= 4 is 28.0 Å². The van der Waals surface area contributed by atoms with Crippen LogP contribution < -0.4 is 0 Å². The molecule has 2 heteroatoms. The molecular formula is C55H42N2. The summed E-state index contributed by atoms with van der Waals surface area (Å²) in [6.07, 6.45) is 16.1. The highest BCUT2D eigenvalue weighted by Crippen LogP contribution is 2.49. The second-order valence-electron chi connectivity index (χ2n) is 15.5. The van der Waals surface area contributed by atoms with E-state index in [0.29, 0.717) is 0 Å². The van der Waals surface area contributed by atoms with Gasteiger partial charge in [-0.1, -0.05) is 165 Å². The second-order valence-corrected chi connectivity index (χ2v) is 15.5. The summed E-state index contributed by atoms with van der Waals surface area (Å²) in [5.41, 5.74) is 18.4. The number of pyridine rings is 2. The van der Waals surface area contributed by atoms with Crippen LogP contribution in [-0.2, 0) is 11.8 Å². The van der Waals surface area contributed by atoms with Gasteiger partial charge >= 0.3 is 0 Å². The van der Waals surface area contributed by atoms with E-state index in [9.17, 15) is 0 Å². The van der Waals surface area contributed by atoms with Gasteiger partial charge in [0.15, 0.2) is 0 Å². The fraction of sp³-hybridized carbons (Fsp3) is 0.0909. The van der Waals surface area contributed by atoms with Crippen molar-refractivity contribution in [2.24, 2.45) is 0 Å². The third kappa shape index (κ3) is 6.54. The van der Waals surface area contributed by atoms with Gasteiger partial charge in [-0.15, -0.1) is 0 Å². The minimum Gasteiger partial charge on any atom is -0.257 e. The summed E-state index contributed by atoms with van der Waals surface area (Å²) in [4.78, 5) is 9.32. The smallest absolute Gasteiger partial charge is 0.0701 e. The fourth-order valence-corrected chi connectivity index (χ4v) is 8.95. The summed E-state index contributed by atoms with van der Waals surface area (Å²) in [7, 11) is 0. The molecule has 2 aliphatic rings. The minimum absolute atomic E-state index is 0.261. The molecule has 0 N–H and O–H groups in total. The number of fused-ring (bicyclic) bond motifs is 2. The van der Waals surface area contributed by atoms with E-state index in [1.165, 1.54) is 77.6 Å². The molecule has 2 nitrogen and oxygen atoms in total. The largest absolute Gasteiger partial charge is 0.257 e. The summed E-state index contributed by atoms with van der Waals surface area (Å²) >= 11 is 0. The Morgan fingerprint density at radius 3 is 1.60 bits per heavy atom. The van der Waals surface area contributed by atoms with Gasteiger partial charge in [0.05, 0.1) is 11.4 Å². The maximum atomic E-state index is 4.69. The van der Waals surface area contributed by atoms with E-state index in [0.717, 1.165) is 36.2 Å². The van der Waals surface area contributed by atoms with Crippen molar-refractivity contribution in [2.75, 3.05) is 0 Å². The zero-order chi connectivity index (χ0) is 38.2. The quantitative estimate of drug-likeness (QED) is 0.163. The molecule has 6 aromatic carbocycles. The molecule has 0 saturated heterocycles. The van der Waals surface area contributed by atoms with Crippen LogP contribution in [0.3, 0.4) is 0 Å². The average Bonchev–Trinajstić information content (AvgIpc) is 3.29. The molecule has 0 spiro atoms. The van der Waals surface area contributed by atoms with E-state index in [2.05, 4.69) is 182 Å². The third-order valence-corrected chi connectivity index (χ3v) is 11.9. The van der Waals surface area contributed by atoms with Crippen molar-refractivity contribution in [2.45, 2.75) is 31.6 Å². The molecule has 0 bridgehead atoms. The monoisotopic (exact) mass is 730 g/mol. The van der Waals surface area contributed by atoms with Gasteiger partial charge in [0.2, 0.25) is 0 Å². The van der Waals surface area contributed by atoms with E-state index in [1.54, 1.807) is 0 Å². The molecule has 0 amide bonds. The zero-order valence-corrected chi connectivity index (χ0v) is 32.1. The van der Waals surface area contributed by atoms with Crippen molar-refractivity contribution in [1.29, 1.82) is 0 Å². The van der Waals surface area contributed by atoms with Crippen LogP contribution in [0.5, 0.6) is 0 Å². The summed E-state index contributed by atoms with van der Waals surface area (Å²) in [6.45, 7) is 2.43. The molecule has 57 heavy (non-hydrogen) atoms. The Hall–Kier alpha value is -6.90. The molecule has 0 radical (unpaired) electrons. The highest BCUT2D eigenvalue weighted by molar-refractivity contribution is 6.08. The summed E-state index contributed by atoms with van der Waals surface area (Å²) in [5, 5.41) is 2.59. The number of rotatable bonds is 7. The molecule has 1 atom stereocenters. The highest BCUT2D eigenvalue weighted by Gasteiger charge is 2.34. The van der Waals surface area contributed by atoms with Crippen LogP contribution in [0.15, 0.2) is 194 Å². The number of hydrogen-bond acceptors (Lipinski definition) is 2. The summed E-state index contributed by atoms with van der Waals surface area (Å²) < 4.78 is 0. The van der Waals surface area contributed by atoms with E-state index in [-0.39, 0.29) is 5.41 Å². The highest BCUT2D eigenvalue weighted by atomic mass is 14.7. The first-order valence-electron chi connectivity index (χ1n) is 20.0. The van der Waals surface area contributed by atoms with Gasteiger partial charge < -0.3 is 0 Å². The van der Waals surface area contributed by atoms with Crippen LogP contribution in [-0.4, -0.2) is 9.97 Å². The fourth-order valence-electron chi connectivity index (χ4n) is 8.95. The van der Waals surface area contributed by atoms with Gasteiger partial charge in [-0.05, 0) is 127 Å². The topological polar surface area (TPSA) is 25.8 Å². The number of aromatic nitrogens is 2. The van der Waals surface area contributed by atoms with Crippen molar-refractivity contribution in [1.82, 2.24) is 9.97 Å². The molecule has 8 aromatic rings. The normalized spacial score (nSPS) is 16.2. The molecule has 2 heterocycles. The molecule has 0 saturated carbocycles. The lowest BCUT2D eigenvalue weighted by atomic mass is 9.68. The predicted octanol–water partition coefficient (Wildman–Crippen LogP) is 14.1. The van der Waals surface area contributed by atoms with E-state index in [1.807, 2.05) is 30.6 Å². The molecule has 10 rings (SSSR count). The summed E-state index contributed by atoms with van der Waals surface area (Å²) in [6, 6.07) is 59.2. The molecule has 0 aliphatic heterocycles. The standard InChI is InChI=1S/C55H42N2/c1-55(46-35-44(38-14-4-2-5-15-38)34-45(36-46)39-16-6-3-7-17-39)31-30-49-50(37-55)54(43-28-24-41(25-29-43)52-21-11-13-33-57-52)48-19-9-8-18-47(48)53(49)42-26-22-40(23-27-42)51-20-10-12-32-56-51/h2-24,26-28,30-36H,25,29,37H2,1H3/t55-/m1/s1. The molecule has 272 valence electrons. The molecule has 0 fully saturated rings. The van der Waals surface area contributed by atoms with Crippen LogP contribution in [0.2, 0.25) is 0 Å². The van der Waals surface area contributed by atoms with E-state index >= 15 is 0 Å². The molecule has 2 aliphatic carbocycles. The first-order chi connectivity index (χ1) is 28.1. The minimum atomic E-state index is -0.261. The van der Waals surface area contributed by atoms with Crippen LogP contribution in [0.4, 0.5) is 0 Å². The predicted molar refractivity (Wildman–Crippen MR) is 239 cm³/mol. The molecular weight excluding hydrogens is 689 g/mol.